The molecule has 2 rings (SSSR count). The van der Waals surface area contributed by atoms with E-state index in [1.807, 2.05) is 30.3 Å². The summed E-state index contributed by atoms with van der Waals surface area (Å²) < 4.78 is 5.41. The molecule has 6 nitrogen and oxygen atoms in total. The second kappa shape index (κ2) is 9.15. The van der Waals surface area contributed by atoms with Crippen LogP contribution < -0.4 is 10.9 Å². The van der Waals surface area contributed by atoms with Crippen molar-refractivity contribution in [3.63, 3.8) is 0 Å². The Balaban J connectivity index is 1.80. The Morgan fingerprint density at radius 2 is 2.09 bits per heavy atom. The molecule has 1 aliphatic heterocycles. The quantitative estimate of drug-likeness (QED) is 0.771. The molecule has 1 fully saturated rings. The first-order chi connectivity index (χ1) is 11.2. The minimum absolute atomic E-state index is 0.00163. The number of ether oxygens (including phenoxy) is 1. The molecule has 2 amide bonds. The Bertz CT molecular complexity index is 507. The molecule has 0 spiro atoms. The number of benzene rings is 1. The van der Waals surface area contributed by atoms with Gasteiger partial charge in [-0.2, -0.15) is 0 Å². The fraction of sp³-hybridized carbons (Fsp3) is 0.529. The topological polar surface area (TPSA) is 70.7 Å². The highest BCUT2D eigenvalue weighted by Crippen LogP contribution is 2.09. The van der Waals surface area contributed by atoms with Crippen LogP contribution >= 0.6 is 0 Å². The Labute approximate surface area is 137 Å². The summed E-state index contributed by atoms with van der Waals surface area (Å²) in [6, 6.07) is 9.73. The number of hydrogen-bond donors (Lipinski definition) is 2. The predicted octanol–water partition coefficient (Wildman–Crippen LogP) is 2.21. The molecule has 1 saturated heterocycles. The molecule has 1 aromatic rings. The lowest BCUT2D eigenvalue weighted by atomic mass is 10.1. The molecule has 0 saturated carbocycles. The Morgan fingerprint density at radius 1 is 1.30 bits per heavy atom. The number of rotatable bonds is 8. The summed E-state index contributed by atoms with van der Waals surface area (Å²) in [4.78, 5) is 25.2. The summed E-state index contributed by atoms with van der Waals surface area (Å²) in [5.41, 5.74) is 6.50. The molecule has 1 aliphatic rings. The molecule has 0 bridgehead atoms. The van der Waals surface area contributed by atoms with Crippen molar-refractivity contribution in [1.82, 2.24) is 15.8 Å². The maximum atomic E-state index is 12.3. The third kappa shape index (κ3) is 5.90. The first-order valence-electron chi connectivity index (χ1n) is 8.19. The SMILES string of the molecule is CCCCN(CCC1CC(=O)NN1)C(=O)OCc1ccccc1. The number of nitrogens with zero attached hydrogens (tertiary/aromatic N) is 1. The van der Waals surface area contributed by atoms with E-state index in [4.69, 9.17) is 4.74 Å². The summed E-state index contributed by atoms with van der Waals surface area (Å²) in [5.74, 6) is 0.00163. The van der Waals surface area contributed by atoms with Crippen molar-refractivity contribution in [2.45, 2.75) is 45.3 Å². The summed E-state index contributed by atoms with van der Waals surface area (Å²) in [5, 5.41) is 0. The van der Waals surface area contributed by atoms with Gasteiger partial charge >= 0.3 is 6.09 Å². The van der Waals surface area contributed by atoms with E-state index in [1.54, 1.807) is 4.90 Å². The van der Waals surface area contributed by atoms with E-state index in [1.165, 1.54) is 0 Å². The first kappa shape index (κ1) is 17.3. The second-order valence-corrected chi connectivity index (χ2v) is 5.76. The van der Waals surface area contributed by atoms with Crippen LogP contribution in [0, 0.1) is 0 Å². The normalized spacial score (nSPS) is 16.9. The zero-order valence-corrected chi connectivity index (χ0v) is 13.6. The molecule has 0 aromatic heterocycles. The lowest BCUT2D eigenvalue weighted by Gasteiger charge is -2.23. The van der Waals surface area contributed by atoms with Gasteiger partial charge < -0.3 is 9.64 Å². The van der Waals surface area contributed by atoms with Crippen molar-refractivity contribution in [3.8, 4) is 0 Å². The Kier molecular flexibility index (Phi) is 6.87. The van der Waals surface area contributed by atoms with Crippen LogP contribution in [0.15, 0.2) is 30.3 Å². The zero-order valence-electron chi connectivity index (χ0n) is 13.6. The summed E-state index contributed by atoms with van der Waals surface area (Å²) >= 11 is 0. The Morgan fingerprint density at radius 3 is 2.74 bits per heavy atom. The van der Waals surface area contributed by atoms with E-state index in [0.29, 0.717) is 19.5 Å². The van der Waals surface area contributed by atoms with Gasteiger partial charge in [0.2, 0.25) is 5.91 Å². The lowest BCUT2D eigenvalue weighted by molar-refractivity contribution is -0.119. The summed E-state index contributed by atoms with van der Waals surface area (Å²) in [7, 11) is 0. The van der Waals surface area contributed by atoms with E-state index in [0.717, 1.165) is 24.8 Å². The van der Waals surface area contributed by atoms with Gasteiger partial charge in [-0.05, 0) is 18.4 Å². The number of carbonyl (C=O) groups excluding carboxylic acids is 2. The molecule has 126 valence electrons. The van der Waals surface area contributed by atoms with E-state index >= 15 is 0 Å². The average Bonchev–Trinajstić information content (AvgIpc) is 2.99. The van der Waals surface area contributed by atoms with Crippen LogP contribution in [0.25, 0.3) is 0 Å². The second-order valence-electron chi connectivity index (χ2n) is 5.76. The van der Waals surface area contributed by atoms with Crippen molar-refractivity contribution >= 4 is 12.0 Å². The third-order valence-electron chi connectivity index (χ3n) is 3.84. The molecule has 1 unspecified atom stereocenters. The smallest absolute Gasteiger partial charge is 0.410 e. The van der Waals surface area contributed by atoms with Crippen molar-refractivity contribution in [2.75, 3.05) is 13.1 Å². The van der Waals surface area contributed by atoms with Gasteiger partial charge in [0.1, 0.15) is 6.61 Å². The maximum absolute atomic E-state index is 12.3. The molecule has 2 N–H and O–H groups in total. The van der Waals surface area contributed by atoms with Crippen LogP contribution in [0.5, 0.6) is 0 Å². The minimum atomic E-state index is -0.292. The van der Waals surface area contributed by atoms with E-state index in [-0.39, 0.29) is 24.6 Å². The zero-order chi connectivity index (χ0) is 16.5. The monoisotopic (exact) mass is 319 g/mol. The molecule has 1 aromatic carbocycles. The van der Waals surface area contributed by atoms with Crippen LogP contribution in [-0.2, 0) is 16.1 Å². The van der Waals surface area contributed by atoms with Gasteiger partial charge in [0, 0.05) is 25.6 Å². The van der Waals surface area contributed by atoms with Crippen LogP contribution in [0.3, 0.4) is 0 Å². The average molecular weight is 319 g/mol. The number of carbonyl (C=O) groups is 2. The minimum Gasteiger partial charge on any atom is -0.445 e. The first-order valence-corrected chi connectivity index (χ1v) is 8.19. The fourth-order valence-corrected chi connectivity index (χ4v) is 2.45. The third-order valence-corrected chi connectivity index (χ3v) is 3.84. The fourth-order valence-electron chi connectivity index (χ4n) is 2.45. The maximum Gasteiger partial charge on any atom is 0.410 e. The highest BCUT2D eigenvalue weighted by molar-refractivity contribution is 5.78. The van der Waals surface area contributed by atoms with Crippen molar-refractivity contribution < 1.29 is 14.3 Å². The van der Waals surface area contributed by atoms with Gasteiger partial charge in [-0.25, -0.2) is 10.2 Å². The number of hydrazine groups is 1. The molecular formula is C17H25N3O3. The van der Waals surface area contributed by atoms with Crippen LogP contribution in [0.4, 0.5) is 4.79 Å². The predicted molar refractivity (Wildman–Crippen MR) is 87.4 cm³/mol. The van der Waals surface area contributed by atoms with Gasteiger partial charge in [-0.15, -0.1) is 0 Å². The van der Waals surface area contributed by atoms with Crippen LogP contribution in [-0.4, -0.2) is 36.0 Å². The van der Waals surface area contributed by atoms with E-state index in [2.05, 4.69) is 17.8 Å². The molecule has 6 heteroatoms. The van der Waals surface area contributed by atoms with E-state index in [9.17, 15) is 9.59 Å². The standard InChI is InChI=1S/C17H25N3O3/c1-2-3-10-20(11-9-15-12-16(21)19-18-15)17(22)23-13-14-7-5-4-6-8-14/h4-8,15,18H,2-3,9-13H2,1H3,(H,19,21). The van der Waals surface area contributed by atoms with Gasteiger partial charge in [-0.3, -0.25) is 10.2 Å². The molecule has 1 atom stereocenters. The number of nitrogens with one attached hydrogen (secondary N) is 2. The van der Waals surface area contributed by atoms with Gasteiger partial charge in [-0.1, -0.05) is 43.7 Å². The number of amides is 2. The molecular weight excluding hydrogens is 294 g/mol. The van der Waals surface area contributed by atoms with Crippen LogP contribution in [0.1, 0.15) is 38.2 Å². The molecule has 0 radical (unpaired) electrons. The molecule has 0 aliphatic carbocycles. The van der Waals surface area contributed by atoms with Crippen molar-refractivity contribution in [2.24, 2.45) is 0 Å². The van der Waals surface area contributed by atoms with Crippen molar-refractivity contribution in [1.29, 1.82) is 0 Å². The largest absolute Gasteiger partial charge is 0.445 e. The van der Waals surface area contributed by atoms with Crippen LogP contribution in [0.2, 0.25) is 0 Å². The van der Waals surface area contributed by atoms with Gasteiger partial charge in [0.05, 0.1) is 0 Å². The number of hydrogen-bond acceptors (Lipinski definition) is 4. The number of unbranched alkanes of at least 4 members (excludes halogenated alkanes) is 1. The summed E-state index contributed by atoms with van der Waals surface area (Å²) in [6.07, 6.45) is 2.85. The van der Waals surface area contributed by atoms with Gasteiger partial charge in [0.25, 0.3) is 0 Å². The summed E-state index contributed by atoms with van der Waals surface area (Å²) in [6.45, 7) is 3.64. The molecule has 23 heavy (non-hydrogen) atoms. The highest BCUT2D eigenvalue weighted by Gasteiger charge is 2.23. The Hall–Kier alpha value is -2.08. The van der Waals surface area contributed by atoms with E-state index < -0.39 is 0 Å². The highest BCUT2D eigenvalue weighted by atomic mass is 16.6. The lowest BCUT2D eigenvalue weighted by Crippen LogP contribution is -2.38. The molecule has 1 heterocycles. The van der Waals surface area contributed by atoms with Gasteiger partial charge in [0.15, 0.2) is 0 Å². The van der Waals surface area contributed by atoms with Crippen molar-refractivity contribution in [3.05, 3.63) is 35.9 Å².